The van der Waals surface area contributed by atoms with Gasteiger partial charge in [0, 0.05) is 17.2 Å². The van der Waals surface area contributed by atoms with Crippen molar-refractivity contribution in [1.29, 1.82) is 0 Å². The molecule has 1 amide bonds. The van der Waals surface area contributed by atoms with Crippen LogP contribution in [-0.4, -0.2) is 22.2 Å². The number of carbonyl (C=O) groups is 1. The fourth-order valence-corrected chi connectivity index (χ4v) is 2.86. The van der Waals surface area contributed by atoms with Gasteiger partial charge in [0.1, 0.15) is 5.75 Å². The molecular weight excluding hydrogens is 403 g/mol. The Labute approximate surface area is 167 Å². The third-order valence-corrected chi connectivity index (χ3v) is 4.29. The Balaban J connectivity index is 1.77. The summed E-state index contributed by atoms with van der Waals surface area (Å²) >= 11 is 0. The van der Waals surface area contributed by atoms with E-state index in [4.69, 9.17) is 0 Å². The number of amides is 1. The van der Waals surface area contributed by atoms with Crippen molar-refractivity contribution in [2.24, 2.45) is 5.10 Å². The summed E-state index contributed by atoms with van der Waals surface area (Å²) in [5, 5.41) is 26.4. The van der Waals surface area contributed by atoms with Crippen LogP contribution in [0.1, 0.15) is 16.7 Å². The van der Waals surface area contributed by atoms with Gasteiger partial charge in [-0.15, -0.1) is 0 Å². The van der Waals surface area contributed by atoms with E-state index in [1.165, 1.54) is 12.3 Å². The van der Waals surface area contributed by atoms with Gasteiger partial charge < -0.3 is 5.11 Å². The second-order valence-electron chi connectivity index (χ2n) is 6.29. The van der Waals surface area contributed by atoms with Crippen molar-refractivity contribution < 1.29 is 28.0 Å². The smallest absolute Gasteiger partial charge is 0.416 e. The molecule has 0 heterocycles. The molecular formula is C20H14F3N3O4. The van der Waals surface area contributed by atoms with Crippen LogP contribution >= 0.6 is 0 Å². The molecule has 0 aliphatic carbocycles. The molecule has 2 N–H and O–H groups in total. The van der Waals surface area contributed by atoms with E-state index in [9.17, 15) is 33.2 Å². The van der Waals surface area contributed by atoms with E-state index in [1.54, 1.807) is 18.2 Å². The molecule has 3 aromatic rings. The SMILES string of the molecule is O=C(Cc1ccc(C(F)(F)F)cc1[N+](=O)[O-])NN=Cc1c(O)ccc2ccccc12. The number of nitro groups is 1. The Hall–Kier alpha value is -3.95. The summed E-state index contributed by atoms with van der Waals surface area (Å²) < 4.78 is 38.3. The zero-order valence-electron chi connectivity index (χ0n) is 15.2. The number of hydrogen-bond acceptors (Lipinski definition) is 5. The molecule has 0 fully saturated rings. The molecule has 0 aliphatic rings. The van der Waals surface area contributed by atoms with Gasteiger partial charge in [-0.3, -0.25) is 14.9 Å². The molecule has 30 heavy (non-hydrogen) atoms. The maximum absolute atomic E-state index is 12.8. The van der Waals surface area contributed by atoms with Crippen LogP contribution in [0, 0.1) is 10.1 Å². The van der Waals surface area contributed by atoms with Crippen molar-refractivity contribution in [2.75, 3.05) is 0 Å². The molecule has 0 unspecified atom stereocenters. The molecule has 3 rings (SSSR count). The number of alkyl halides is 3. The predicted octanol–water partition coefficient (Wildman–Crippen LogP) is 4.17. The first-order valence-corrected chi connectivity index (χ1v) is 8.54. The number of nitrogens with one attached hydrogen (secondary N) is 1. The molecule has 0 spiro atoms. The number of benzene rings is 3. The lowest BCUT2D eigenvalue weighted by atomic mass is 10.0. The van der Waals surface area contributed by atoms with Gasteiger partial charge in [-0.25, -0.2) is 5.43 Å². The van der Waals surface area contributed by atoms with E-state index in [1.807, 2.05) is 12.1 Å². The van der Waals surface area contributed by atoms with Gasteiger partial charge in [0.25, 0.3) is 5.69 Å². The van der Waals surface area contributed by atoms with Crippen molar-refractivity contribution in [3.05, 3.63) is 81.4 Å². The zero-order chi connectivity index (χ0) is 21.9. The van der Waals surface area contributed by atoms with Crippen LogP contribution in [0.5, 0.6) is 5.75 Å². The number of fused-ring (bicyclic) bond motifs is 1. The Bertz CT molecular complexity index is 1160. The van der Waals surface area contributed by atoms with E-state index < -0.39 is 34.7 Å². The fraction of sp³-hybridized carbons (Fsp3) is 0.100. The van der Waals surface area contributed by atoms with Gasteiger partial charge in [0.15, 0.2) is 0 Å². The lowest BCUT2D eigenvalue weighted by Gasteiger charge is -2.08. The van der Waals surface area contributed by atoms with E-state index in [2.05, 4.69) is 10.5 Å². The van der Waals surface area contributed by atoms with Gasteiger partial charge >= 0.3 is 6.18 Å². The Morgan fingerprint density at radius 1 is 1.17 bits per heavy atom. The van der Waals surface area contributed by atoms with E-state index in [0.717, 1.165) is 11.5 Å². The molecule has 0 saturated carbocycles. The molecule has 154 valence electrons. The van der Waals surface area contributed by atoms with Gasteiger partial charge in [-0.2, -0.15) is 18.3 Å². The second-order valence-corrected chi connectivity index (χ2v) is 6.29. The minimum atomic E-state index is -4.74. The number of nitro benzene ring substituents is 1. The van der Waals surface area contributed by atoms with Crippen LogP contribution in [0.3, 0.4) is 0 Å². The Morgan fingerprint density at radius 2 is 1.90 bits per heavy atom. The number of aromatic hydroxyl groups is 1. The van der Waals surface area contributed by atoms with Gasteiger partial charge in [0.05, 0.1) is 23.1 Å². The molecule has 0 radical (unpaired) electrons. The summed E-state index contributed by atoms with van der Waals surface area (Å²) in [5.41, 5.74) is 0.339. The van der Waals surface area contributed by atoms with Gasteiger partial charge in [-0.1, -0.05) is 36.4 Å². The maximum atomic E-state index is 12.8. The molecule has 3 aromatic carbocycles. The topological polar surface area (TPSA) is 105 Å². The van der Waals surface area contributed by atoms with Crippen LogP contribution in [0.4, 0.5) is 18.9 Å². The summed E-state index contributed by atoms with van der Waals surface area (Å²) in [6.45, 7) is 0. The first-order valence-electron chi connectivity index (χ1n) is 8.54. The van der Waals surface area contributed by atoms with Crippen molar-refractivity contribution >= 4 is 28.6 Å². The largest absolute Gasteiger partial charge is 0.507 e. The Kier molecular flexibility index (Phi) is 5.67. The number of hydrogen-bond donors (Lipinski definition) is 2. The molecule has 0 saturated heterocycles. The molecule has 7 nitrogen and oxygen atoms in total. The number of nitrogens with zero attached hydrogens (tertiary/aromatic N) is 2. The van der Waals surface area contributed by atoms with Crippen molar-refractivity contribution in [2.45, 2.75) is 12.6 Å². The van der Waals surface area contributed by atoms with Crippen molar-refractivity contribution in [3.8, 4) is 5.75 Å². The highest BCUT2D eigenvalue weighted by molar-refractivity contribution is 6.02. The summed E-state index contributed by atoms with van der Waals surface area (Å²) in [5.74, 6) is -0.834. The zero-order valence-corrected chi connectivity index (χ0v) is 15.2. The van der Waals surface area contributed by atoms with Gasteiger partial charge in [-0.05, 0) is 22.9 Å². The standard InChI is InChI=1S/C20H14F3N3O4/c21-20(22,23)14-7-5-13(17(10-14)26(29)30)9-19(28)25-24-11-16-15-4-2-1-3-12(15)6-8-18(16)27/h1-8,10-11,27H,9H2,(H,25,28). The average molecular weight is 417 g/mol. The number of hydrazone groups is 1. The van der Waals surface area contributed by atoms with Gasteiger partial charge in [0.2, 0.25) is 5.91 Å². The third kappa shape index (κ3) is 4.54. The fourth-order valence-electron chi connectivity index (χ4n) is 2.86. The number of phenols is 1. The summed E-state index contributed by atoms with van der Waals surface area (Å²) in [7, 11) is 0. The summed E-state index contributed by atoms with van der Waals surface area (Å²) in [6.07, 6.45) is -4.07. The molecule has 0 atom stereocenters. The quantitative estimate of drug-likeness (QED) is 0.369. The second kappa shape index (κ2) is 8.19. The van der Waals surface area contributed by atoms with E-state index >= 15 is 0 Å². The number of phenolic OH excluding ortho intramolecular Hbond substituents is 1. The predicted molar refractivity (Wildman–Crippen MR) is 103 cm³/mol. The van der Waals surface area contributed by atoms with Crippen LogP contribution < -0.4 is 5.43 Å². The highest BCUT2D eigenvalue weighted by atomic mass is 19.4. The van der Waals surface area contributed by atoms with Crippen LogP contribution in [0.25, 0.3) is 10.8 Å². The molecule has 0 aliphatic heterocycles. The van der Waals surface area contributed by atoms with Crippen LogP contribution in [0.15, 0.2) is 59.7 Å². The highest BCUT2D eigenvalue weighted by Crippen LogP contribution is 2.33. The van der Waals surface area contributed by atoms with E-state index in [-0.39, 0.29) is 11.3 Å². The minimum Gasteiger partial charge on any atom is -0.507 e. The molecule has 10 heteroatoms. The lowest BCUT2D eigenvalue weighted by molar-refractivity contribution is -0.385. The number of rotatable bonds is 5. The maximum Gasteiger partial charge on any atom is 0.416 e. The average Bonchev–Trinajstić information content (AvgIpc) is 2.69. The first kappa shape index (κ1) is 20.8. The van der Waals surface area contributed by atoms with Crippen LogP contribution in [-0.2, 0) is 17.4 Å². The third-order valence-electron chi connectivity index (χ3n) is 4.29. The Morgan fingerprint density at radius 3 is 2.60 bits per heavy atom. The monoisotopic (exact) mass is 417 g/mol. The summed E-state index contributed by atoms with van der Waals surface area (Å²) in [6, 6.07) is 12.3. The molecule has 0 aromatic heterocycles. The number of carbonyl (C=O) groups excluding carboxylic acids is 1. The molecule has 0 bridgehead atoms. The normalized spacial score (nSPS) is 11.7. The minimum absolute atomic E-state index is 0.0647. The van der Waals surface area contributed by atoms with Crippen molar-refractivity contribution in [3.63, 3.8) is 0 Å². The van der Waals surface area contributed by atoms with Crippen molar-refractivity contribution in [1.82, 2.24) is 5.43 Å². The first-order chi connectivity index (χ1) is 14.2. The summed E-state index contributed by atoms with van der Waals surface area (Å²) in [4.78, 5) is 22.2. The lowest BCUT2D eigenvalue weighted by Crippen LogP contribution is -2.20. The number of halogens is 3. The van der Waals surface area contributed by atoms with Crippen LogP contribution in [0.2, 0.25) is 0 Å². The highest BCUT2D eigenvalue weighted by Gasteiger charge is 2.33. The van der Waals surface area contributed by atoms with E-state index in [0.29, 0.717) is 23.1 Å².